The largest absolute Gasteiger partial charge is 0.496 e. The predicted octanol–water partition coefficient (Wildman–Crippen LogP) is 1.64. The quantitative estimate of drug-likeness (QED) is 0.649. The van der Waals surface area contributed by atoms with Crippen molar-refractivity contribution in [2.24, 2.45) is 0 Å². The Hall–Kier alpha value is -2.15. The first-order chi connectivity index (χ1) is 10.0. The highest BCUT2D eigenvalue weighted by atomic mass is 16.6. The van der Waals surface area contributed by atoms with E-state index in [2.05, 4.69) is 5.32 Å². The number of amides is 1. The minimum Gasteiger partial charge on any atom is -0.496 e. The van der Waals surface area contributed by atoms with Crippen molar-refractivity contribution < 1.29 is 19.6 Å². The van der Waals surface area contributed by atoms with Gasteiger partial charge in [0, 0.05) is 6.07 Å². The van der Waals surface area contributed by atoms with E-state index in [4.69, 9.17) is 4.74 Å². The fourth-order valence-corrected chi connectivity index (χ4v) is 2.51. The molecule has 7 nitrogen and oxygen atoms in total. The van der Waals surface area contributed by atoms with Gasteiger partial charge in [-0.05, 0) is 18.9 Å². The topological polar surface area (TPSA) is 102 Å². The molecule has 0 saturated heterocycles. The Morgan fingerprint density at radius 3 is 2.76 bits per heavy atom. The van der Waals surface area contributed by atoms with E-state index in [9.17, 15) is 20.0 Å². The van der Waals surface area contributed by atoms with Gasteiger partial charge in [0.2, 0.25) is 0 Å². The van der Waals surface area contributed by atoms with E-state index in [1.54, 1.807) is 0 Å². The van der Waals surface area contributed by atoms with Crippen LogP contribution >= 0.6 is 0 Å². The van der Waals surface area contributed by atoms with Crippen LogP contribution in [0.3, 0.4) is 0 Å². The van der Waals surface area contributed by atoms with E-state index in [1.165, 1.54) is 25.3 Å². The molecule has 21 heavy (non-hydrogen) atoms. The number of aliphatic hydroxyl groups is 1. The average molecular weight is 294 g/mol. The molecule has 1 aromatic carbocycles. The summed E-state index contributed by atoms with van der Waals surface area (Å²) in [4.78, 5) is 22.4. The molecule has 1 aromatic rings. The first-order valence-electron chi connectivity index (χ1n) is 6.84. The van der Waals surface area contributed by atoms with E-state index >= 15 is 0 Å². The number of hydrogen-bond donors (Lipinski definition) is 2. The maximum Gasteiger partial charge on any atom is 0.273 e. The zero-order valence-corrected chi connectivity index (χ0v) is 11.7. The van der Waals surface area contributed by atoms with Gasteiger partial charge in [-0.25, -0.2) is 0 Å². The van der Waals surface area contributed by atoms with Gasteiger partial charge in [0.15, 0.2) is 0 Å². The monoisotopic (exact) mass is 294 g/mol. The molecule has 0 spiro atoms. The molecule has 1 fully saturated rings. The molecule has 1 aliphatic carbocycles. The molecule has 2 N–H and O–H groups in total. The van der Waals surface area contributed by atoms with E-state index in [0.717, 1.165) is 19.3 Å². The van der Waals surface area contributed by atoms with Crippen molar-refractivity contribution in [3.05, 3.63) is 33.9 Å². The summed E-state index contributed by atoms with van der Waals surface area (Å²) >= 11 is 0. The van der Waals surface area contributed by atoms with Crippen molar-refractivity contribution in [1.82, 2.24) is 5.32 Å². The van der Waals surface area contributed by atoms with Crippen LogP contribution in [0, 0.1) is 10.1 Å². The van der Waals surface area contributed by atoms with Gasteiger partial charge in [-0.3, -0.25) is 14.9 Å². The number of aliphatic hydroxyl groups excluding tert-OH is 1. The number of nitrogens with zero attached hydrogens (tertiary/aromatic N) is 1. The summed E-state index contributed by atoms with van der Waals surface area (Å²) in [5, 5.41) is 23.4. The molecule has 0 bridgehead atoms. The lowest BCUT2D eigenvalue weighted by molar-refractivity contribution is -0.384. The number of nitrogens with one attached hydrogen (secondary N) is 1. The van der Waals surface area contributed by atoms with Gasteiger partial charge in [-0.15, -0.1) is 0 Å². The number of carbonyl (C=O) groups is 1. The summed E-state index contributed by atoms with van der Waals surface area (Å²) in [5.41, 5.74) is 0.0852. The van der Waals surface area contributed by atoms with E-state index in [-0.39, 0.29) is 23.0 Å². The minimum absolute atomic E-state index is 0.138. The Balaban J connectivity index is 2.16. The summed E-state index contributed by atoms with van der Waals surface area (Å²) < 4.78 is 5.05. The van der Waals surface area contributed by atoms with E-state index in [0.29, 0.717) is 6.42 Å². The number of ether oxygens (including phenoxy) is 1. The molecule has 0 aliphatic heterocycles. The highest BCUT2D eigenvalue weighted by Gasteiger charge is 2.26. The van der Waals surface area contributed by atoms with Gasteiger partial charge in [-0.2, -0.15) is 0 Å². The smallest absolute Gasteiger partial charge is 0.273 e. The van der Waals surface area contributed by atoms with Crippen LogP contribution in [0.15, 0.2) is 18.2 Å². The number of non-ortho nitro benzene ring substituents is 1. The zero-order chi connectivity index (χ0) is 15.4. The third-order valence-electron chi connectivity index (χ3n) is 3.69. The Morgan fingerprint density at radius 1 is 1.43 bits per heavy atom. The molecule has 1 aliphatic rings. The van der Waals surface area contributed by atoms with Gasteiger partial charge < -0.3 is 15.2 Å². The molecule has 2 unspecified atom stereocenters. The minimum atomic E-state index is -0.549. The number of hydrogen-bond acceptors (Lipinski definition) is 5. The molecule has 114 valence electrons. The first-order valence-corrected chi connectivity index (χ1v) is 6.84. The maximum atomic E-state index is 12.2. The second kappa shape index (κ2) is 6.53. The summed E-state index contributed by atoms with van der Waals surface area (Å²) in [5.74, 6) is -0.250. The lowest BCUT2D eigenvalue weighted by Crippen LogP contribution is -2.45. The van der Waals surface area contributed by atoms with Crippen LogP contribution < -0.4 is 10.1 Å². The number of benzene rings is 1. The van der Waals surface area contributed by atoms with Gasteiger partial charge in [0.25, 0.3) is 11.6 Å². The van der Waals surface area contributed by atoms with E-state index < -0.39 is 16.9 Å². The molecule has 0 heterocycles. The third-order valence-corrected chi connectivity index (χ3v) is 3.69. The van der Waals surface area contributed by atoms with Crippen LogP contribution in [-0.2, 0) is 0 Å². The molecule has 0 aromatic heterocycles. The second-order valence-corrected chi connectivity index (χ2v) is 5.07. The van der Waals surface area contributed by atoms with Crippen LogP contribution in [0.4, 0.5) is 5.69 Å². The van der Waals surface area contributed by atoms with Crippen molar-refractivity contribution in [3.8, 4) is 5.75 Å². The maximum absolute atomic E-state index is 12.2. The Bertz CT molecular complexity index is 546. The molecular formula is C14H18N2O5. The predicted molar refractivity (Wildman–Crippen MR) is 75.4 cm³/mol. The fraction of sp³-hybridized carbons (Fsp3) is 0.500. The summed E-state index contributed by atoms with van der Waals surface area (Å²) in [6.45, 7) is 0. The first kappa shape index (κ1) is 15.2. The SMILES string of the molecule is COc1cc([N+](=O)[O-])ccc1C(=O)NC1CCCCC1O. The van der Waals surface area contributed by atoms with Gasteiger partial charge in [0.05, 0.1) is 35.8 Å². The molecular weight excluding hydrogens is 276 g/mol. The van der Waals surface area contributed by atoms with Crippen molar-refractivity contribution in [2.45, 2.75) is 37.8 Å². The molecule has 1 saturated carbocycles. The molecule has 1 amide bonds. The van der Waals surface area contributed by atoms with Gasteiger partial charge in [0.1, 0.15) is 5.75 Å². The number of methoxy groups -OCH3 is 1. The third kappa shape index (κ3) is 3.49. The fourth-order valence-electron chi connectivity index (χ4n) is 2.51. The number of nitro groups is 1. The zero-order valence-electron chi connectivity index (χ0n) is 11.7. The summed E-state index contributed by atoms with van der Waals surface area (Å²) in [7, 11) is 1.35. The Labute approximate surface area is 122 Å². The lowest BCUT2D eigenvalue weighted by Gasteiger charge is -2.28. The molecule has 0 radical (unpaired) electrons. The summed E-state index contributed by atoms with van der Waals surface area (Å²) in [6.07, 6.45) is 2.75. The highest BCUT2D eigenvalue weighted by Crippen LogP contribution is 2.25. The van der Waals surface area contributed by atoms with Crippen molar-refractivity contribution in [1.29, 1.82) is 0 Å². The Morgan fingerprint density at radius 2 is 2.14 bits per heavy atom. The van der Waals surface area contributed by atoms with Crippen molar-refractivity contribution >= 4 is 11.6 Å². The van der Waals surface area contributed by atoms with Gasteiger partial charge in [-0.1, -0.05) is 12.8 Å². The average Bonchev–Trinajstić information content (AvgIpc) is 2.48. The van der Waals surface area contributed by atoms with Crippen LogP contribution in [0.1, 0.15) is 36.0 Å². The van der Waals surface area contributed by atoms with E-state index in [1.807, 2.05) is 0 Å². The normalized spacial score (nSPS) is 21.6. The highest BCUT2D eigenvalue weighted by molar-refractivity contribution is 5.97. The van der Waals surface area contributed by atoms with Crippen molar-refractivity contribution in [3.63, 3.8) is 0 Å². The summed E-state index contributed by atoms with van der Waals surface area (Å²) in [6, 6.07) is 3.55. The van der Waals surface area contributed by atoms with Crippen molar-refractivity contribution in [2.75, 3.05) is 7.11 Å². The molecule has 7 heteroatoms. The van der Waals surface area contributed by atoms with Crippen LogP contribution in [0.25, 0.3) is 0 Å². The Kier molecular flexibility index (Phi) is 4.74. The van der Waals surface area contributed by atoms with Crippen LogP contribution in [-0.4, -0.2) is 35.2 Å². The van der Waals surface area contributed by atoms with Crippen LogP contribution in [0.2, 0.25) is 0 Å². The second-order valence-electron chi connectivity index (χ2n) is 5.07. The molecule has 2 atom stereocenters. The number of nitro benzene ring substituents is 1. The molecule has 2 rings (SSSR count). The number of carbonyl (C=O) groups excluding carboxylic acids is 1. The van der Waals surface area contributed by atoms with Crippen LogP contribution in [0.5, 0.6) is 5.75 Å². The standard InChI is InChI=1S/C14H18N2O5/c1-21-13-8-9(16(19)20)6-7-10(13)14(18)15-11-4-2-3-5-12(11)17/h6-8,11-12,17H,2-5H2,1H3,(H,15,18). The lowest BCUT2D eigenvalue weighted by atomic mass is 9.92. The van der Waals surface area contributed by atoms with Gasteiger partial charge >= 0.3 is 0 Å². The number of rotatable bonds is 4.